The highest BCUT2D eigenvalue weighted by Gasteiger charge is 2.24. The van der Waals surface area contributed by atoms with E-state index in [0.29, 0.717) is 25.2 Å². The molecule has 38 heavy (non-hydrogen) atoms. The van der Waals surface area contributed by atoms with Crippen LogP contribution in [0.4, 0.5) is 0 Å². The number of aromatic nitrogens is 4. The van der Waals surface area contributed by atoms with Gasteiger partial charge in [-0.2, -0.15) is 5.26 Å². The maximum Gasteiger partial charge on any atom is 0.331 e. The molecule has 6 rings (SSSR count). The summed E-state index contributed by atoms with van der Waals surface area (Å²) in [7, 11) is 1.95. The topological polar surface area (TPSA) is 97.5 Å². The third-order valence-electron chi connectivity index (χ3n) is 7.01. The molecular weight excluding hydrogens is 516 g/mol. The number of hydrogen-bond donors (Lipinski definition) is 2. The fourth-order valence-corrected chi connectivity index (χ4v) is 5.45. The summed E-state index contributed by atoms with van der Waals surface area (Å²) in [6.07, 6.45) is 8.79. The van der Waals surface area contributed by atoms with E-state index in [2.05, 4.69) is 27.8 Å². The Kier molecular flexibility index (Phi) is 6.67. The number of rotatable bonds is 5. The molecule has 3 aromatic heterocycles. The van der Waals surface area contributed by atoms with Gasteiger partial charge < -0.3 is 14.9 Å². The molecule has 190 valence electrons. The van der Waals surface area contributed by atoms with Crippen molar-refractivity contribution in [2.75, 3.05) is 6.54 Å². The maximum atomic E-state index is 13.3. The number of imidazole rings is 1. The van der Waals surface area contributed by atoms with Crippen LogP contribution in [0.3, 0.4) is 0 Å². The minimum absolute atomic E-state index is 0. The lowest BCUT2D eigenvalue weighted by molar-refractivity contribution is 0.840. The van der Waals surface area contributed by atoms with E-state index in [1.165, 1.54) is 0 Å². The number of para-hydroxylation sites is 2. The van der Waals surface area contributed by atoms with Crippen molar-refractivity contribution in [2.24, 2.45) is 12.8 Å². The van der Waals surface area contributed by atoms with Gasteiger partial charge in [0.2, 0.25) is 0 Å². The Bertz CT molecular complexity index is 1890. The molecule has 0 aliphatic heterocycles. The molecule has 3 N–H and O–H groups in total. The minimum atomic E-state index is -0.353. The van der Waals surface area contributed by atoms with Gasteiger partial charge in [-0.1, -0.05) is 60.8 Å². The van der Waals surface area contributed by atoms with Gasteiger partial charge in [-0.05, 0) is 23.3 Å². The van der Waals surface area contributed by atoms with E-state index < -0.39 is 0 Å². The van der Waals surface area contributed by atoms with Crippen LogP contribution in [0.1, 0.15) is 12.1 Å². The molecule has 0 radical (unpaired) electrons. The standard InChI is InChI=1S/C29H24N6OS.ClH/c1-33-17-26(21-7-3-4-8-24(21)33)35-28(23(14-31)32-29(35)36)22-16-34(25-9-5-2-6-20(22)25)15-19-12-18(13-30)10-11-27(19)37;/h2-10,12,16-17H,11,13,15,30H2,1H3,(H,32,36);1H. The number of nitrogens with one attached hydrogen (secondary N) is 1. The number of nitrogens with two attached hydrogens (primary N) is 1. The highest BCUT2D eigenvalue weighted by molar-refractivity contribution is 7.80. The number of nitrogens with zero attached hydrogens (tertiary/aromatic N) is 4. The highest BCUT2D eigenvalue weighted by atomic mass is 35.5. The number of aromatic amines is 1. The summed E-state index contributed by atoms with van der Waals surface area (Å²) in [5.74, 6) is 0. The first-order chi connectivity index (χ1) is 18.0. The quantitative estimate of drug-likeness (QED) is 0.301. The molecule has 5 aromatic rings. The van der Waals surface area contributed by atoms with Gasteiger partial charge in [0, 0.05) is 71.2 Å². The molecule has 0 fully saturated rings. The average Bonchev–Trinajstić information content (AvgIpc) is 3.56. The fourth-order valence-electron chi connectivity index (χ4n) is 5.24. The number of H-pyrrole nitrogens is 1. The first-order valence-electron chi connectivity index (χ1n) is 12.0. The first-order valence-corrected chi connectivity index (χ1v) is 12.4. The molecule has 0 bridgehead atoms. The van der Waals surface area contributed by atoms with Crippen LogP contribution in [0, 0.1) is 11.3 Å². The summed E-state index contributed by atoms with van der Waals surface area (Å²) < 4.78 is 5.74. The molecule has 1 aliphatic rings. The van der Waals surface area contributed by atoms with Gasteiger partial charge in [0.1, 0.15) is 11.8 Å². The second-order valence-electron chi connectivity index (χ2n) is 9.21. The van der Waals surface area contributed by atoms with Crippen LogP contribution >= 0.6 is 24.6 Å². The van der Waals surface area contributed by atoms with Crippen molar-refractivity contribution in [1.82, 2.24) is 18.7 Å². The highest BCUT2D eigenvalue weighted by Crippen LogP contribution is 2.35. The van der Waals surface area contributed by atoms with E-state index in [9.17, 15) is 10.1 Å². The van der Waals surface area contributed by atoms with Gasteiger partial charge >= 0.3 is 5.69 Å². The van der Waals surface area contributed by atoms with Crippen molar-refractivity contribution in [3.8, 4) is 23.0 Å². The van der Waals surface area contributed by atoms with Gasteiger partial charge in [-0.25, -0.2) is 4.79 Å². The SMILES string of the molecule is Cl.Cn1cc(-n2c(-c3cn(CC4=CC(CN)=CCC4=S)c4ccccc34)c(C#N)[nH]c2=O)c2ccccc21. The number of nitriles is 1. The molecule has 0 amide bonds. The Balaban J connectivity index is 0.00000294. The molecule has 0 saturated carbocycles. The number of aryl methyl sites for hydroxylation is 1. The first kappa shape index (κ1) is 25.5. The molecule has 0 saturated heterocycles. The van der Waals surface area contributed by atoms with Crippen molar-refractivity contribution in [1.29, 1.82) is 5.26 Å². The van der Waals surface area contributed by atoms with E-state index in [0.717, 1.165) is 49.1 Å². The van der Waals surface area contributed by atoms with Crippen LogP contribution in [0.15, 0.2) is 89.0 Å². The van der Waals surface area contributed by atoms with E-state index in [1.54, 1.807) is 4.57 Å². The Hall–Kier alpha value is -4.16. The molecule has 9 heteroatoms. The summed E-state index contributed by atoms with van der Waals surface area (Å²) in [6.45, 7) is 1.04. The van der Waals surface area contributed by atoms with E-state index in [4.69, 9.17) is 18.0 Å². The maximum absolute atomic E-state index is 13.3. The Morgan fingerprint density at radius 2 is 1.79 bits per heavy atom. The molecule has 0 atom stereocenters. The normalized spacial score (nSPS) is 13.3. The second-order valence-corrected chi connectivity index (χ2v) is 9.70. The Morgan fingerprint density at radius 1 is 1.08 bits per heavy atom. The fraction of sp³-hybridized carbons (Fsp3) is 0.138. The summed E-state index contributed by atoms with van der Waals surface area (Å²) in [6, 6.07) is 18.1. The van der Waals surface area contributed by atoms with Gasteiger partial charge in [-0.3, -0.25) is 9.55 Å². The van der Waals surface area contributed by atoms with Crippen LogP contribution in [-0.4, -0.2) is 30.1 Å². The number of allylic oxidation sites excluding steroid dienone is 2. The van der Waals surface area contributed by atoms with E-state index in [1.807, 2.05) is 72.5 Å². The lowest BCUT2D eigenvalue weighted by Crippen LogP contribution is -2.15. The minimum Gasteiger partial charge on any atom is -0.348 e. The molecule has 0 spiro atoms. The summed E-state index contributed by atoms with van der Waals surface area (Å²) in [5, 5.41) is 11.9. The number of benzene rings is 2. The zero-order valence-electron chi connectivity index (χ0n) is 20.6. The van der Waals surface area contributed by atoms with Crippen molar-refractivity contribution >= 4 is 51.3 Å². The van der Waals surface area contributed by atoms with Crippen LogP contribution in [0.2, 0.25) is 0 Å². The largest absolute Gasteiger partial charge is 0.348 e. The lowest BCUT2D eigenvalue weighted by atomic mass is 9.99. The summed E-state index contributed by atoms with van der Waals surface area (Å²) in [4.78, 5) is 17.0. The van der Waals surface area contributed by atoms with Gasteiger partial charge in [-0.15, -0.1) is 12.4 Å². The third kappa shape index (κ3) is 4.02. The smallest absolute Gasteiger partial charge is 0.331 e. The van der Waals surface area contributed by atoms with Crippen LogP contribution in [0.25, 0.3) is 38.8 Å². The van der Waals surface area contributed by atoms with Crippen molar-refractivity contribution in [2.45, 2.75) is 13.0 Å². The Labute approximate surface area is 230 Å². The molecule has 7 nitrogen and oxygen atoms in total. The number of halogens is 1. The summed E-state index contributed by atoms with van der Waals surface area (Å²) in [5.41, 5.74) is 11.9. The van der Waals surface area contributed by atoms with Crippen molar-refractivity contribution in [3.05, 3.63) is 100 Å². The van der Waals surface area contributed by atoms with Crippen molar-refractivity contribution in [3.63, 3.8) is 0 Å². The third-order valence-corrected chi connectivity index (χ3v) is 7.44. The Morgan fingerprint density at radius 3 is 2.53 bits per heavy atom. The number of thiocarbonyl (C=S) groups is 1. The average molecular weight is 541 g/mol. The zero-order valence-corrected chi connectivity index (χ0v) is 22.3. The molecule has 1 aliphatic carbocycles. The molecule has 0 unspecified atom stereocenters. The van der Waals surface area contributed by atoms with E-state index >= 15 is 0 Å². The monoisotopic (exact) mass is 540 g/mol. The van der Waals surface area contributed by atoms with Gasteiger partial charge in [0.05, 0.1) is 11.4 Å². The van der Waals surface area contributed by atoms with E-state index in [-0.39, 0.29) is 23.8 Å². The zero-order chi connectivity index (χ0) is 25.7. The van der Waals surface area contributed by atoms with Crippen LogP contribution < -0.4 is 11.4 Å². The van der Waals surface area contributed by atoms with Crippen LogP contribution in [-0.2, 0) is 13.6 Å². The lowest BCUT2D eigenvalue weighted by Gasteiger charge is -2.15. The predicted octanol–water partition coefficient (Wildman–Crippen LogP) is 5.16. The van der Waals surface area contributed by atoms with Gasteiger partial charge in [0.15, 0.2) is 0 Å². The second kappa shape index (κ2) is 9.95. The number of fused-ring (bicyclic) bond motifs is 2. The molecule has 3 heterocycles. The molecular formula is C29H25ClN6OS. The van der Waals surface area contributed by atoms with Crippen LogP contribution in [0.5, 0.6) is 0 Å². The van der Waals surface area contributed by atoms with Gasteiger partial charge in [0.25, 0.3) is 0 Å². The predicted molar refractivity (Wildman–Crippen MR) is 158 cm³/mol. The number of hydrogen-bond acceptors (Lipinski definition) is 4. The van der Waals surface area contributed by atoms with Crippen molar-refractivity contribution < 1.29 is 0 Å². The summed E-state index contributed by atoms with van der Waals surface area (Å²) >= 11 is 5.66. The molecule has 2 aromatic carbocycles.